The van der Waals surface area contributed by atoms with E-state index in [0.29, 0.717) is 5.92 Å². The summed E-state index contributed by atoms with van der Waals surface area (Å²) in [4.78, 5) is 5.28. The number of nitrogens with one attached hydrogen (secondary N) is 1. The average molecular weight is 181 g/mol. The molecule has 0 unspecified atom stereocenters. The number of amidine groups is 1. The minimum absolute atomic E-state index is 0.169. The van der Waals surface area contributed by atoms with Gasteiger partial charge in [0.1, 0.15) is 5.84 Å². The molecule has 0 aromatic carbocycles. The zero-order chi connectivity index (χ0) is 8.72. The molecule has 64 valence electrons. The van der Waals surface area contributed by atoms with Crippen LogP contribution in [0.4, 0.5) is 0 Å². The Labute approximate surface area is 75.1 Å². The van der Waals surface area contributed by atoms with Gasteiger partial charge in [-0.05, 0) is 19.8 Å². The van der Waals surface area contributed by atoms with Crippen LogP contribution in [0.5, 0.6) is 0 Å². The third-order valence-electron chi connectivity index (χ3n) is 1.97. The highest BCUT2D eigenvalue weighted by molar-refractivity contribution is 7.13. The van der Waals surface area contributed by atoms with Crippen LogP contribution in [0.25, 0.3) is 0 Å². The van der Waals surface area contributed by atoms with Crippen molar-refractivity contribution in [3.63, 3.8) is 0 Å². The first-order valence-corrected chi connectivity index (χ1v) is 4.82. The summed E-state index contributed by atoms with van der Waals surface area (Å²) >= 11 is 1.53. The van der Waals surface area contributed by atoms with Crippen molar-refractivity contribution in [1.29, 1.82) is 5.41 Å². The fourth-order valence-electron chi connectivity index (χ4n) is 1.27. The summed E-state index contributed by atoms with van der Waals surface area (Å²) in [5.41, 5.74) is 6.51. The van der Waals surface area contributed by atoms with E-state index >= 15 is 0 Å². The monoisotopic (exact) mass is 181 g/mol. The van der Waals surface area contributed by atoms with Crippen LogP contribution in [0.1, 0.15) is 34.3 Å². The fourth-order valence-corrected chi connectivity index (χ4v) is 2.14. The topological polar surface area (TPSA) is 62.8 Å². The lowest BCUT2D eigenvalue weighted by Crippen LogP contribution is -2.11. The maximum Gasteiger partial charge on any atom is 0.135 e. The van der Waals surface area contributed by atoms with Crippen molar-refractivity contribution in [3.05, 3.63) is 15.6 Å². The lowest BCUT2D eigenvalue weighted by atomic mass is 10.2. The van der Waals surface area contributed by atoms with Crippen molar-refractivity contribution in [2.75, 3.05) is 0 Å². The van der Waals surface area contributed by atoms with Gasteiger partial charge in [-0.1, -0.05) is 0 Å². The van der Waals surface area contributed by atoms with E-state index in [9.17, 15) is 0 Å². The van der Waals surface area contributed by atoms with Crippen molar-refractivity contribution in [2.45, 2.75) is 25.7 Å². The van der Waals surface area contributed by atoms with Gasteiger partial charge in [0.05, 0.1) is 15.6 Å². The van der Waals surface area contributed by atoms with E-state index in [1.807, 2.05) is 6.92 Å². The Hall–Kier alpha value is -0.900. The molecule has 1 aliphatic rings. The third-order valence-corrected chi connectivity index (χ3v) is 2.99. The number of rotatable bonds is 2. The van der Waals surface area contributed by atoms with Gasteiger partial charge >= 0.3 is 0 Å². The SMILES string of the molecule is Cc1nc(C2CC2)c(C(=N)N)s1. The van der Waals surface area contributed by atoms with E-state index in [-0.39, 0.29) is 5.84 Å². The van der Waals surface area contributed by atoms with Gasteiger partial charge in [-0.15, -0.1) is 11.3 Å². The Morgan fingerprint density at radius 2 is 2.33 bits per heavy atom. The minimum atomic E-state index is 0.169. The molecule has 0 saturated heterocycles. The highest BCUT2D eigenvalue weighted by atomic mass is 32.1. The number of aromatic nitrogens is 1. The smallest absolute Gasteiger partial charge is 0.135 e. The summed E-state index contributed by atoms with van der Waals surface area (Å²) in [5, 5.41) is 8.37. The second kappa shape index (κ2) is 2.55. The number of thiazole rings is 1. The predicted molar refractivity (Wildman–Crippen MR) is 49.8 cm³/mol. The molecule has 1 fully saturated rings. The Morgan fingerprint density at radius 3 is 2.83 bits per heavy atom. The summed E-state index contributed by atoms with van der Waals surface area (Å²) in [7, 11) is 0. The first kappa shape index (κ1) is 7.73. The Morgan fingerprint density at radius 1 is 1.67 bits per heavy atom. The van der Waals surface area contributed by atoms with E-state index < -0.39 is 0 Å². The minimum Gasteiger partial charge on any atom is -0.383 e. The number of nitrogens with two attached hydrogens (primary N) is 1. The Kier molecular flexibility index (Phi) is 1.65. The zero-order valence-electron chi connectivity index (χ0n) is 6.92. The molecule has 3 nitrogen and oxygen atoms in total. The van der Waals surface area contributed by atoms with Crippen LogP contribution in [0, 0.1) is 12.3 Å². The Balaban J connectivity index is 2.43. The summed E-state index contributed by atoms with van der Waals surface area (Å²) in [6.07, 6.45) is 2.42. The highest BCUT2D eigenvalue weighted by Gasteiger charge is 2.29. The van der Waals surface area contributed by atoms with Gasteiger partial charge < -0.3 is 5.73 Å². The van der Waals surface area contributed by atoms with Gasteiger partial charge in [0.15, 0.2) is 0 Å². The van der Waals surface area contributed by atoms with Crippen LogP contribution < -0.4 is 5.73 Å². The molecule has 4 heteroatoms. The number of nitrogen functional groups attached to an aromatic ring is 1. The van der Waals surface area contributed by atoms with Crippen molar-refractivity contribution in [1.82, 2.24) is 4.98 Å². The van der Waals surface area contributed by atoms with Gasteiger partial charge in [-0.3, -0.25) is 5.41 Å². The molecule has 1 saturated carbocycles. The fraction of sp³-hybridized carbons (Fsp3) is 0.500. The quantitative estimate of drug-likeness (QED) is 0.538. The number of hydrogen-bond donors (Lipinski definition) is 2. The van der Waals surface area contributed by atoms with Gasteiger partial charge in [0, 0.05) is 5.92 Å². The lowest BCUT2D eigenvalue weighted by molar-refractivity contribution is 1.03. The maximum absolute atomic E-state index is 7.36. The third kappa shape index (κ3) is 1.22. The molecular formula is C8H11N3S. The molecule has 1 aromatic heterocycles. The van der Waals surface area contributed by atoms with E-state index in [4.69, 9.17) is 11.1 Å². The lowest BCUT2D eigenvalue weighted by Gasteiger charge is -1.95. The first-order valence-electron chi connectivity index (χ1n) is 4.00. The number of nitrogens with zero attached hydrogens (tertiary/aromatic N) is 1. The summed E-state index contributed by atoms with van der Waals surface area (Å²) < 4.78 is 0. The molecule has 0 aliphatic heterocycles. The predicted octanol–water partition coefficient (Wildman–Crippen LogP) is 1.61. The summed E-state index contributed by atoms with van der Waals surface area (Å²) in [6, 6.07) is 0. The highest BCUT2D eigenvalue weighted by Crippen LogP contribution is 2.42. The van der Waals surface area contributed by atoms with Gasteiger partial charge in [0.2, 0.25) is 0 Å². The largest absolute Gasteiger partial charge is 0.383 e. The van der Waals surface area contributed by atoms with Crippen molar-refractivity contribution < 1.29 is 0 Å². The van der Waals surface area contributed by atoms with E-state index in [1.165, 1.54) is 24.2 Å². The van der Waals surface area contributed by atoms with Crippen molar-refractivity contribution >= 4 is 17.2 Å². The molecule has 12 heavy (non-hydrogen) atoms. The maximum atomic E-state index is 7.36. The molecule has 0 radical (unpaired) electrons. The van der Waals surface area contributed by atoms with Crippen LogP contribution in [0.3, 0.4) is 0 Å². The van der Waals surface area contributed by atoms with Crippen LogP contribution >= 0.6 is 11.3 Å². The van der Waals surface area contributed by atoms with Crippen LogP contribution in [-0.4, -0.2) is 10.8 Å². The molecular weight excluding hydrogens is 170 g/mol. The van der Waals surface area contributed by atoms with Crippen molar-refractivity contribution in [3.8, 4) is 0 Å². The molecule has 1 aromatic rings. The molecule has 2 rings (SSSR count). The van der Waals surface area contributed by atoms with E-state index in [1.54, 1.807) is 0 Å². The molecule has 0 bridgehead atoms. The van der Waals surface area contributed by atoms with Crippen LogP contribution in [0.15, 0.2) is 0 Å². The van der Waals surface area contributed by atoms with E-state index in [2.05, 4.69) is 4.98 Å². The van der Waals surface area contributed by atoms with Crippen LogP contribution in [0.2, 0.25) is 0 Å². The standard InChI is InChI=1S/C8H11N3S/c1-4-11-6(5-2-3-5)7(12-4)8(9)10/h5H,2-3H2,1H3,(H3,9,10). The molecule has 0 spiro atoms. The van der Waals surface area contributed by atoms with Gasteiger partial charge in [-0.2, -0.15) is 0 Å². The number of hydrogen-bond acceptors (Lipinski definition) is 3. The second-order valence-corrected chi connectivity index (χ2v) is 4.34. The van der Waals surface area contributed by atoms with Gasteiger partial charge in [-0.25, -0.2) is 4.98 Å². The molecule has 0 atom stereocenters. The Bertz CT molecular complexity index is 325. The first-order chi connectivity index (χ1) is 5.68. The van der Waals surface area contributed by atoms with Gasteiger partial charge in [0.25, 0.3) is 0 Å². The normalized spacial score (nSPS) is 16.4. The molecule has 1 heterocycles. The van der Waals surface area contributed by atoms with Crippen LogP contribution in [-0.2, 0) is 0 Å². The zero-order valence-corrected chi connectivity index (χ0v) is 7.74. The van der Waals surface area contributed by atoms with Crippen molar-refractivity contribution in [2.24, 2.45) is 5.73 Å². The average Bonchev–Trinajstić information content (AvgIpc) is 2.75. The second-order valence-electron chi connectivity index (χ2n) is 3.14. The number of aryl methyl sites for hydroxylation is 1. The summed E-state index contributed by atoms with van der Waals surface area (Å²) in [5.74, 6) is 0.761. The molecule has 0 amide bonds. The molecule has 1 aliphatic carbocycles. The molecule has 3 N–H and O–H groups in total. The van der Waals surface area contributed by atoms with E-state index in [0.717, 1.165) is 15.6 Å². The summed E-state index contributed by atoms with van der Waals surface area (Å²) in [6.45, 7) is 1.96.